The molecule has 1 N–H and O–H groups in total. The molecule has 1 aliphatic carbocycles. The third-order valence-corrected chi connectivity index (χ3v) is 6.18. The van der Waals surface area contributed by atoms with Crippen LogP contribution in [0.3, 0.4) is 0 Å². The fourth-order valence-corrected chi connectivity index (χ4v) is 4.71. The van der Waals surface area contributed by atoms with Crippen molar-refractivity contribution in [3.8, 4) is 0 Å². The van der Waals surface area contributed by atoms with Gasteiger partial charge in [-0.1, -0.05) is 43.7 Å². The SMILES string of the molecule is CCCCCSc1nc2n(n1)[C@@H](c1ccccc1[N+](=O)[O-])C1=C(CCCC1=O)N2. The highest BCUT2D eigenvalue weighted by molar-refractivity contribution is 7.99. The van der Waals surface area contributed by atoms with Gasteiger partial charge in [-0.3, -0.25) is 14.9 Å². The third-order valence-electron chi connectivity index (χ3n) is 5.26. The second kappa shape index (κ2) is 8.36. The molecule has 0 saturated carbocycles. The molecule has 0 radical (unpaired) electrons. The Labute approximate surface area is 172 Å². The molecule has 0 amide bonds. The largest absolute Gasteiger partial charge is 0.328 e. The lowest BCUT2D eigenvalue weighted by Crippen LogP contribution is -2.31. The number of carbonyl (C=O) groups is 1. The van der Waals surface area contributed by atoms with E-state index in [9.17, 15) is 14.9 Å². The van der Waals surface area contributed by atoms with Gasteiger partial charge in [0, 0.05) is 29.5 Å². The molecule has 0 saturated heterocycles. The number of fused-ring (bicyclic) bond motifs is 1. The lowest BCUT2D eigenvalue weighted by atomic mass is 9.85. The molecule has 1 aliphatic heterocycles. The fourth-order valence-electron chi connectivity index (χ4n) is 3.89. The standard InChI is InChI=1S/C20H23N5O3S/c1-2-3-6-12-29-20-22-19-21-14-9-7-11-16(26)17(14)18(24(19)23-20)13-8-4-5-10-15(13)25(27)28/h4-5,8,10,18H,2-3,6-7,9,11-12H2,1H3,(H,21,22,23)/t18-/m0/s1. The van der Waals surface area contributed by atoms with Crippen molar-refractivity contribution >= 4 is 29.2 Å². The predicted octanol–water partition coefficient (Wildman–Crippen LogP) is 4.49. The molecular formula is C20H23N5O3S. The van der Waals surface area contributed by atoms with Gasteiger partial charge in [-0.2, -0.15) is 4.98 Å². The van der Waals surface area contributed by atoms with Crippen LogP contribution >= 0.6 is 11.8 Å². The van der Waals surface area contributed by atoms with Crippen LogP contribution in [-0.2, 0) is 4.79 Å². The van der Waals surface area contributed by atoms with Gasteiger partial charge in [0.15, 0.2) is 5.78 Å². The summed E-state index contributed by atoms with van der Waals surface area (Å²) in [6.07, 6.45) is 5.32. The summed E-state index contributed by atoms with van der Waals surface area (Å²) in [6.45, 7) is 2.16. The number of para-hydroxylation sites is 1. The van der Waals surface area contributed by atoms with Crippen LogP contribution in [0.5, 0.6) is 0 Å². The van der Waals surface area contributed by atoms with Crippen LogP contribution in [0.15, 0.2) is 40.7 Å². The molecule has 2 aliphatic rings. The van der Waals surface area contributed by atoms with Crippen molar-refractivity contribution in [3.63, 3.8) is 0 Å². The lowest BCUT2D eigenvalue weighted by molar-refractivity contribution is -0.385. The number of anilines is 1. The first-order valence-corrected chi connectivity index (χ1v) is 10.9. The van der Waals surface area contributed by atoms with Crippen molar-refractivity contribution in [1.82, 2.24) is 14.8 Å². The summed E-state index contributed by atoms with van der Waals surface area (Å²) in [6, 6.07) is 5.95. The Hall–Kier alpha value is -2.68. The highest BCUT2D eigenvalue weighted by Gasteiger charge is 2.39. The van der Waals surface area contributed by atoms with Crippen LogP contribution in [-0.4, -0.2) is 31.2 Å². The van der Waals surface area contributed by atoms with Crippen molar-refractivity contribution in [2.45, 2.75) is 56.6 Å². The zero-order chi connectivity index (χ0) is 20.4. The number of Topliss-reactive ketones (excluding diaryl/α,β-unsaturated/α-hetero) is 1. The molecule has 29 heavy (non-hydrogen) atoms. The summed E-state index contributed by atoms with van der Waals surface area (Å²) in [5.74, 6) is 1.47. The van der Waals surface area contributed by atoms with Crippen LogP contribution in [0.2, 0.25) is 0 Å². The number of rotatable bonds is 7. The first-order chi connectivity index (χ1) is 14.1. The Morgan fingerprint density at radius 3 is 2.93 bits per heavy atom. The van der Waals surface area contributed by atoms with Crippen LogP contribution in [0.25, 0.3) is 0 Å². The van der Waals surface area contributed by atoms with Crippen molar-refractivity contribution in [2.75, 3.05) is 11.1 Å². The minimum atomic E-state index is -0.631. The maximum atomic E-state index is 12.8. The van der Waals surface area contributed by atoms with E-state index >= 15 is 0 Å². The van der Waals surface area contributed by atoms with E-state index in [0.29, 0.717) is 28.7 Å². The number of carbonyl (C=O) groups excluding carboxylic acids is 1. The number of benzene rings is 1. The molecule has 9 heteroatoms. The first-order valence-electron chi connectivity index (χ1n) is 9.96. The van der Waals surface area contributed by atoms with Gasteiger partial charge in [0.25, 0.3) is 5.69 Å². The molecular weight excluding hydrogens is 390 g/mol. The number of unbranched alkanes of at least 4 members (excludes halogenated alkanes) is 2. The molecule has 152 valence electrons. The zero-order valence-corrected chi connectivity index (χ0v) is 17.1. The van der Waals surface area contributed by atoms with E-state index in [0.717, 1.165) is 43.6 Å². The number of ketones is 1. The molecule has 1 aromatic carbocycles. The Kier molecular flexibility index (Phi) is 5.66. The van der Waals surface area contributed by atoms with Crippen LogP contribution in [0.4, 0.5) is 11.6 Å². The van der Waals surface area contributed by atoms with Crippen LogP contribution in [0.1, 0.15) is 57.1 Å². The quantitative estimate of drug-likeness (QED) is 0.309. The van der Waals surface area contributed by atoms with Crippen molar-refractivity contribution in [2.24, 2.45) is 0 Å². The minimum absolute atomic E-state index is 0.0109. The number of nitrogens with one attached hydrogen (secondary N) is 1. The average molecular weight is 414 g/mol. The Balaban J connectivity index is 1.77. The van der Waals surface area contributed by atoms with E-state index in [1.54, 1.807) is 34.6 Å². The van der Waals surface area contributed by atoms with Gasteiger partial charge in [-0.25, -0.2) is 4.68 Å². The van der Waals surface area contributed by atoms with Crippen molar-refractivity contribution in [1.29, 1.82) is 0 Å². The molecule has 2 aromatic rings. The number of thioether (sulfide) groups is 1. The number of hydrogen-bond donors (Lipinski definition) is 1. The first kappa shape index (κ1) is 19.6. The number of aromatic nitrogens is 3. The van der Waals surface area contributed by atoms with Crippen molar-refractivity contribution < 1.29 is 9.72 Å². The molecule has 1 atom stereocenters. The van der Waals surface area contributed by atoms with Gasteiger partial charge in [0.05, 0.1) is 10.5 Å². The van der Waals surface area contributed by atoms with E-state index in [1.807, 2.05) is 0 Å². The monoisotopic (exact) mass is 413 g/mol. The minimum Gasteiger partial charge on any atom is -0.328 e. The van der Waals surface area contributed by atoms with Gasteiger partial charge in [-0.15, -0.1) is 5.10 Å². The van der Waals surface area contributed by atoms with E-state index < -0.39 is 11.0 Å². The number of allylic oxidation sites excluding steroid dienone is 2. The van der Waals surface area contributed by atoms with Gasteiger partial charge >= 0.3 is 0 Å². The molecule has 4 rings (SSSR count). The summed E-state index contributed by atoms with van der Waals surface area (Å²) in [4.78, 5) is 28.7. The van der Waals surface area contributed by atoms with E-state index in [1.165, 1.54) is 6.07 Å². The van der Waals surface area contributed by atoms with Gasteiger partial charge in [0.2, 0.25) is 11.1 Å². The number of nitro benzene ring substituents is 1. The average Bonchev–Trinajstić information content (AvgIpc) is 3.12. The van der Waals surface area contributed by atoms with E-state index in [4.69, 9.17) is 0 Å². The molecule has 2 heterocycles. The zero-order valence-electron chi connectivity index (χ0n) is 16.3. The highest BCUT2D eigenvalue weighted by Crippen LogP contribution is 2.42. The molecule has 0 bridgehead atoms. The lowest BCUT2D eigenvalue weighted by Gasteiger charge is -2.31. The summed E-state index contributed by atoms with van der Waals surface area (Å²) in [5.41, 5.74) is 1.84. The second-order valence-electron chi connectivity index (χ2n) is 7.23. The van der Waals surface area contributed by atoms with E-state index in [2.05, 4.69) is 22.3 Å². The Morgan fingerprint density at radius 2 is 2.14 bits per heavy atom. The predicted molar refractivity (Wildman–Crippen MR) is 111 cm³/mol. The topological polar surface area (TPSA) is 103 Å². The fraction of sp³-hybridized carbons (Fsp3) is 0.450. The summed E-state index contributed by atoms with van der Waals surface area (Å²) < 4.78 is 1.65. The van der Waals surface area contributed by atoms with Gasteiger partial charge in [-0.05, 0) is 25.3 Å². The number of nitrogens with zero attached hydrogens (tertiary/aromatic N) is 4. The van der Waals surface area contributed by atoms with Crippen LogP contribution in [0, 0.1) is 10.1 Å². The number of nitro groups is 1. The smallest absolute Gasteiger partial charge is 0.275 e. The maximum absolute atomic E-state index is 12.8. The van der Waals surface area contributed by atoms with Crippen LogP contribution < -0.4 is 5.32 Å². The maximum Gasteiger partial charge on any atom is 0.275 e. The van der Waals surface area contributed by atoms with Gasteiger partial charge < -0.3 is 5.32 Å². The second-order valence-corrected chi connectivity index (χ2v) is 8.29. The Morgan fingerprint density at radius 1 is 1.31 bits per heavy atom. The normalized spacial score (nSPS) is 18.2. The summed E-state index contributed by atoms with van der Waals surface area (Å²) >= 11 is 1.58. The van der Waals surface area contributed by atoms with E-state index in [-0.39, 0.29) is 11.5 Å². The summed E-state index contributed by atoms with van der Waals surface area (Å²) in [7, 11) is 0. The molecule has 0 fully saturated rings. The highest BCUT2D eigenvalue weighted by atomic mass is 32.2. The summed E-state index contributed by atoms with van der Waals surface area (Å²) in [5, 5.41) is 20.2. The molecule has 8 nitrogen and oxygen atoms in total. The molecule has 0 spiro atoms. The third kappa shape index (κ3) is 3.78. The molecule has 0 unspecified atom stereocenters. The van der Waals surface area contributed by atoms with Gasteiger partial charge in [0.1, 0.15) is 6.04 Å². The molecule has 1 aromatic heterocycles. The number of hydrogen-bond acceptors (Lipinski definition) is 7. The Bertz CT molecular complexity index is 984. The van der Waals surface area contributed by atoms with Crippen molar-refractivity contribution in [3.05, 3.63) is 51.2 Å².